The lowest BCUT2D eigenvalue weighted by molar-refractivity contribution is 0.158. The van der Waals surface area contributed by atoms with Gasteiger partial charge in [-0.3, -0.25) is 10.00 Å². The van der Waals surface area contributed by atoms with E-state index in [1.807, 2.05) is 49.4 Å². The van der Waals surface area contributed by atoms with Gasteiger partial charge in [-0.2, -0.15) is 5.10 Å². The summed E-state index contributed by atoms with van der Waals surface area (Å²) < 4.78 is 10.7. The molecule has 0 amide bonds. The topological polar surface area (TPSA) is 103 Å². The molecule has 3 N–H and O–H groups in total. The van der Waals surface area contributed by atoms with Crippen LogP contribution in [0.1, 0.15) is 17.1 Å². The second-order valence-electron chi connectivity index (χ2n) is 8.61. The molecule has 0 unspecified atom stereocenters. The van der Waals surface area contributed by atoms with Gasteiger partial charge < -0.3 is 25.0 Å². The first kappa shape index (κ1) is 24.5. The van der Waals surface area contributed by atoms with E-state index < -0.39 is 0 Å². The number of ether oxygens (including phenoxy) is 2. The molecule has 1 aromatic carbocycles. The molecule has 3 heterocycles. The zero-order valence-electron chi connectivity index (χ0n) is 20.8. The third-order valence-electron chi connectivity index (χ3n) is 5.83. The van der Waals surface area contributed by atoms with Crippen molar-refractivity contribution in [3.05, 3.63) is 47.4 Å². The Hall–Kier alpha value is -3.63. The van der Waals surface area contributed by atoms with E-state index in [0.29, 0.717) is 17.5 Å². The number of nitrogens with one attached hydrogen (secondary N) is 3. The first-order chi connectivity index (χ1) is 17.0. The van der Waals surface area contributed by atoms with Gasteiger partial charge in [-0.25, -0.2) is 9.97 Å². The highest BCUT2D eigenvalue weighted by Gasteiger charge is 2.13. The molecule has 1 saturated heterocycles. The summed E-state index contributed by atoms with van der Waals surface area (Å²) in [6.07, 6.45) is 3.82. The van der Waals surface area contributed by atoms with Gasteiger partial charge in [0.25, 0.3) is 0 Å². The largest absolute Gasteiger partial charge is 0.497 e. The Morgan fingerprint density at radius 3 is 2.29 bits per heavy atom. The van der Waals surface area contributed by atoms with Crippen molar-refractivity contribution in [2.75, 3.05) is 71.2 Å². The van der Waals surface area contributed by atoms with Crippen molar-refractivity contribution in [2.45, 2.75) is 6.92 Å². The lowest BCUT2D eigenvalue weighted by atomic mass is 10.2. The summed E-state index contributed by atoms with van der Waals surface area (Å²) in [5.41, 5.74) is 1.90. The van der Waals surface area contributed by atoms with Crippen molar-refractivity contribution in [1.82, 2.24) is 30.0 Å². The molecule has 2 aromatic heterocycles. The summed E-state index contributed by atoms with van der Waals surface area (Å²) in [6, 6.07) is 9.54. The summed E-state index contributed by atoms with van der Waals surface area (Å²) in [5.74, 6) is 4.15. The fourth-order valence-corrected chi connectivity index (χ4v) is 3.82. The van der Waals surface area contributed by atoms with Gasteiger partial charge in [0.2, 0.25) is 0 Å². The van der Waals surface area contributed by atoms with Gasteiger partial charge in [0.05, 0.1) is 14.2 Å². The van der Waals surface area contributed by atoms with Crippen molar-refractivity contribution < 1.29 is 9.47 Å². The summed E-state index contributed by atoms with van der Waals surface area (Å²) in [7, 11) is 5.44. The Labute approximate surface area is 206 Å². The Balaban J connectivity index is 1.51. The summed E-state index contributed by atoms with van der Waals surface area (Å²) >= 11 is 0. The number of H-pyrrole nitrogens is 1. The number of nitrogens with zero attached hydrogens (tertiary/aromatic N) is 5. The Bertz CT molecular complexity index is 1120. The number of rotatable bonds is 10. The van der Waals surface area contributed by atoms with Crippen LogP contribution in [0.15, 0.2) is 30.3 Å². The maximum absolute atomic E-state index is 5.37. The predicted molar refractivity (Wildman–Crippen MR) is 140 cm³/mol. The number of aromatic amines is 1. The van der Waals surface area contributed by atoms with Crippen LogP contribution in [-0.2, 0) is 0 Å². The molecule has 0 radical (unpaired) electrons. The second kappa shape index (κ2) is 11.7. The second-order valence-corrected chi connectivity index (χ2v) is 8.61. The third kappa shape index (κ3) is 7.17. The lowest BCUT2D eigenvalue weighted by Gasteiger charge is -2.32. The number of hydrogen-bond donors (Lipinski definition) is 3. The van der Waals surface area contributed by atoms with Crippen molar-refractivity contribution >= 4 is 29.6 Å². The van der Waals surface area contributed by atoms with E-state index in [9.17, 15) is 0 Å². The van der Waals surface area contributed by atoms with Crippen molar-refractivity contribution in [1.29, 1.82) is 0 Å². The van der Waals surface area contributed by atoms with Crippen LogP contribution in [0.5, 0.6) is 11.5 Å². The van der Waals surface area contributed by atoms with Gasteiger partial charge in [0, 0.05) is 63.2 Å². The lowest BCUT2D eigenvalue weighted by Crippen LogP contribution is -2.45. The number of aromatic nitrogens is 4. The molecule has 1 aliphatic heterocycles. The monoisotopic (exact) mass is 478 g/mol. The van der Waals surface area contributed by atoms with Gasteiger partial charge in [0.15, 0.2) is 11.6 Å². The van der Waals surface area contributed by atoms with Crippen LogP contribution in [-0.4, -0.2) is 90.5 Å². The number of methoxy groups -OCH3 is 2. The van der Waals surface area contributed by atoms with Crippen molar-refractivity contribution in [3.8, 4) is 11.5 Å². The number of hydrogen-bond acceptors (Lipinski definition) is 9. The number of aryl methyl sites for hydroxylation is 1. The van der Waals surface area contributed by atoms with Gasteiger partial charge >= 0.3 is 0 Å². The van der Waals surface area contributed by atoms with E-state index in [2.05, 4.69) is 42.7 Å². The first-order valence-electron chi connectivity index (χ1n) is 11.7. The van der Waals surface area contributed by atoms with Crippen LogP contribution in [0.25, 0.3) is 12.2 Å². The molecule has 0 saturated carbocycles. The zero-order valence-corrected chi connectivity index (χ0v) is 20.8. The normalized spacial score (nSPS) is 14.9. The van der Waals surface area contributed by atoms with Crippen LogP contribution < -0.4 is 20.1 Å². The molecule has 35 heavy (non-hydrogen) atoms. The van der Waals surface area contributed by atoms with Crippen LogP contribution in [0.4, 0.5) is 17.5 Å². The fraction of sp³-hybridized carbons (Fsp3) is 0.400. The van der Waals surface area contributed by atoms with Gasteiger partial charge in [-0.1, -0.05) is 6.08 Å². The summed E-state index contributed by atoms with van der Waals surface area (Å²) in [4.78, 5) is 14.2. The third-order valence-corrected chi connectivity index (χ3v) is 5.83. The first-order valence-corrected chi connectivity index (χ1v) is 11.7. The number of piperazine rings is 1. The standard InChI is InChI=1S/C25H34N8O2/c1-18-13-25(31-30-18)29-24-17-23(26-7-8-33-11-9-32(2)10-12-33)27-22(28-24)6-5-19-14-20(34-3)16-21(15-19)35-4/h5-6,13-17H,7-12H2,1-4H3,(H3,26,27,28,29,30,31). The SMILES string of the molecule is COc1cc(C=Cc2nc(NCCN3CCN(C)CC3)cc(Nc3cc(C)[nH]n3)n2)cc(OC)c1. The Morgan fingerprint density at radius 2 is 1.63 bits per heavy atom. The molecule has 10 nitrogen and oxygen atoms in total. The maximum Gasteiger partial charge on any atom is 0.156 e. The van der Waals surface area contributed by atoms with E-state index in [4.69, 9.17) is 14.5 Å². The molecule has 3 aromatic rings. The van der Waals surface area contributed by atoms with E-state index in [-0.39, 0.29) is 0 Å². The predicted octanol–water partition coefficient (Wildman–Crippen LogP) is 3.10. The zero-order chi connectivity index (χ0) is 24.6. The van der Waals surface area contributed by atoms with E-state index in [1.54, 1.807) is 14.2 Å². The van der Waals surface area contributed by atoms with Crippen LogP contribution in [0, 0.1) is 6.92 Å². The Morgan fingerprint density at radius 1 is 0.914 bits per heavy atom. The highest BCUT2D eigenvalue weighted by molar-refractivity contribution is 5.70. The molecular weight excluding hydrogens is 444 g/mol. The molecule has 0 spiro atoms. The van der Waals surface area contributed by atoms with E-state index in [1.165, 1.54) is 0 Å². The molecule has 0 atom stereocenters. The van der Waals surface area contributed by atoms with Crippen molar-refractivity contribution in [3.63, 3.8) is 0 Å². The highest BCUT2D eigenvalue weighted by Crippen LogP contribution is 2.24. The fourth-order valence-electron chi connectivity index (χ4n) is 3.82. The molecule has 1 fully saturated rings. The molecular formula is C25H34N8O2. The van der Waals surface area contributed by atoms with E-state index >= 15 is 0 Å². The number of anilines is 3. The highest BCUT2D eigenvalue weighted by atomic mass is 16.5. The maximum atomic E-state index is 5.37. The number of likely N-dealkylation sites (N-methyl/N-ethyl adjacent to an activating group) is 1. The minimum absolute atomic E-state index is 0.575. The molecule has 4 rings (SSSR count). The molecule has 0 aliphatic carbocycles. The average molecular weight is 479 g/mol. The van der Waals surface area contributed by atoms with Gasteiger partial charge in [0.1, 0.15) is 23.1 Å². The summed E-state index contributed by atoms with van der Waals surface area (Å²) in [5, 5.41) is 13.9. The van der Waals surface area contributed by atoms with Gasteiger partial charge in [-0.15, -0.1) is 0 Å². The van der Waals surface area contributed by atoms with Crippen molar-refractivity contribution in [2.24, 2.45) is 0 Å². The minimum Gasteiger partial charge on any atom is -0.497 e. The molecule has 10 heteroatoms. The molecule has 186 valence electrons. The van der Waals surface area contributed by atoms with Gasteiger partial charge in [-0.05, 0) is 37.7 Å². The Kier molecular flexibility index (Phi) is 8.17. The molecule has 0 bridgehead atoms. The van der Waals surface area contributed by atoms with Crippen LogP contribution in [0.3, 0.4) is 0 Å². The number of benzene rings is 1. The van der Waals surface area contributed by atoms with Crippen LogP contribution in [0.2, 0.25) is 0 Å². The summed E-state index contributed by atoms with van der Waals surface area (Å²) in [6.45, 7) is 8.12. The molecule has 1 aliphatic rings. The minimum atomic E-state index is 0.575. The quantitative estimate of drug-likeness (QED) is 0.405. The van der Waals surface area contributed by atoms with Crippen LogP contribution >= 0.6 is 0 Å². The van der Waals surface area contributed by atoms with E-state index in [0.717, 1.165) is 67.8 Å². The average Bonchev–Trinajstić information content (AvgIpc) is 3.28. The smallest absolute Gasteiger partial charge is 0.156 e.